The fraction of sp³-hybridized carbons (Fsp3) is 0.562. The number of piperidine rings is 1. The van der Waals surface area contributed by atoms with E-state index in [4.69, 9.17) is 5.11 Å². The molecule has 0 saturated carbocycles. The van der Waals surface area contributed by atoms with Gasteiger partial charge in [-0.3, -0.25) is 4.79 Å². The molecule has 24 heavy (non-hydrogen) atoms. The number of aliphatic hydroxyl groups excluding tert-OH is 1. The first-order chi connectivity index (χ1) is 11.4. The largest absolute Gasteiger partial charge is 0.395 e. The first kappa shape index (κ1) is 18.8. The molecule has 0 radical (unpaired) electrons. The van der Waals surface area contributed by atoms with Crippen LogP contribution in [0, 0.1) is 11.7 Å². The molecule has 0 spiro atoms. The van der Waals surface area contributed by atoms with Gasteiger partial charge in [-0.15, -0.1) is 0 Å². The van der Waals surface area contributed by atoms with Gasteiger partial charge in [0.15, 0.2) is 0 Å². The molecule has 1 aliphatic heterocycles. The molecule has 0 unspecified atom stereocenters. The lowest BCUT2D eigenvalue weighted by Gasteiger charge is -2.33. The van der Waals surface area contributed by atoms with Crippen LogP contribution in [0.5, 0.6) is 0 Å². The Bertz CT molecular complexity index is 672. The standard InChI is InChI=1S/C16H23FN2O4S/c1-2-18(11-12-20)16(21)13-7-9-19(10-8-13)24(22,23)15-6-4-3-5-14(15)17/h3-6,13,20H,2,7-12H2,1H3. The zero-order valence-corrected chi connectivity index (χ0v) is 14.5. The number of carbonyl (C=O) groups is 1. The van der Waals surface area contributed by atoms with Crippen LogP contribution in [0.3, 0.4) is 0 Å². The lowest BCUT2D eigenvalue weighted by atomic mass is 9.96. The number of sulfonamides is 1. The average molecular weight is 358 g/mol. The van der Waals surface area contributed by atoms with Crippen LogP contribution in [0.15, 0.2) is 29.2 Å². The third-order valence-electron chi connectivity index (χ3n) is 4.32. The van der Waals surface area contributed by atoms with Crippen LogP contribution in [0.4, 0.5) is 4.39 Å². The minimum Gasteiger partial charge on any atom is -0.395 e. The van der Waals surface area contributed by atoms with Crippen LogP contribution >= 0.6 is 0 Å². The Morgan fingerprint density at radius 3 is 2.50 bits per heavy atom. The number of likely N-dealkylation sites (N-methyl/N-ethyl adjacent to an activating group) is 1. The average Bonchev–Trinajstić information content (AvgIpc) is 2.59. The van der Waals surface area contributed by atoms with Gasteiger partial charge in [-0.05, 0) is 31.9 Å². The zero-order chi connectivity index (χ0) is 17.7. The molecule has 0 atom stereocenters. The van der Waals surface area contributed by atoms with Gasteiger partial charge in [0.1, 0.15) is 10.7 Å². The van der Waals surface area contributed by atoms with Gasteiger partial charge in [0.25, 0.3) is 0 Å². The summed E-state index contributed by atoms with van der Waals surface area (Å²) in [6.07, 6.45) is 0.795. The third kappa shape index (κ3) is 3.93. The predicted octanol–water partition coefficient (Wildman–Crippen LogP) is 1.07. The Balaban J connectivity index is 2.05. The van der Waals surface area contributed by atoms with Gasteiger partial charge in [-0.2, -0.15) is 4.31 Å². The first-order valence-electron chi connectivity index (χ1n) is 8.06. The molecule has 1 aromatic rings. The zero-order valence-electron chi connectivity index (χ0n) is 13.7. The first-order valence-corrected chi connectivity index (χ1v) is 9.50. The number of benzene rings is 1. The number of nitrogens with zero attached hydrogens (tertiary/aromatic N) is 2. The monoisotopic (exact) mass is 358 g/mol. The molecule has 134 valence electrons. The number of hydrogen-bond donors (Lipinski definition) is 1. The summed E-state index contributed by atoms with van der Waals surface area (Å²) >= 11 is 0. The highest BCUT2D eigenvalue weighted by Gasteiger charge is 2.34. The van der Waals surface area contributed by atoms with Crippen LogP contribution < -0.4 is 0 Å². The minimum atomic E-state index is -3.88. The van der Waals surface area contributed by atoms with Crippen molar-refractivity contribution >= 4 is 15.9 Å². The van der Waals surface area contributed by atoms with Gasteiger partial charge in [0.2, 0.25) is 15.9 Å². The lowest BCUT2D eigenvalue weighted by Crippen LogP contribution is -2.45. The fourth-order valence-corrected chi connectivity index (χ4v) is 4.47. The molecule has 0 aliphatic carbocycles. The van der Waals surface area contributed by atoms with Crippen molar-refractivity contribution in [1.29, 1.82) is 0 Å². The summed E-state index contributed by atoms with van der Waals surface area (Å²) < 4.78 is 40.1. The highest BCUT2D eigenvalue weighted by Crippen LogP contribution is 2.26. The van der Waals surface area contributed by atoms with Gasteiger partial charge in [-0.1, -0.05) is 12.1 Å². The number of hydrogen-bond acceptors (Lipinski definition) is 4. The lowest BCUT2D eigenvalue weighted by molar-refractivity contribution is -0.137. The maximum absolute atomic E-state index is 13.8. The van der Waals surface area contributed by atoms with Gasteiger partial charge < -0.3 is 10.0 Å². The quantitative estimate of drug-likeness (QED) is 0.825. The van der Waals surface area contributed by atoms with E-state index < -0.39 is 15.8 Å². The van der Waals surface area contributed by atoms with Crippen molar-refractivity contribution in [1.82, 2.24) is 9.21 Å². The Morgan fingerprint density at radius 2 is 1.96 bits per heavy atom. The molecular weight excluding hydrogens is 335 g/mol. The van der Waals surface area contributed by atoms with Crippen LogP contribution in [-0.2, 0) is 14.8 Å². The molecule has 1 aliphatic rings. The molecule has 1 saturated heterocycles. The molecular formula is C16H23FN2O4S. The van der Waals surface area contributed by atoms with Crippen molar-refractivity contribution in [3.63, 3.8) is 0 Å². The van der Waals surface area contributed by atoms with Gasteiger partial charge in [-0.25, -0.2) is 12.8 Å². The van der Waals surface area contributed by atoms with Gasteiger partial charge >= 0.3 is 0 Å². The van der Waals surface area contributed by atoms with Gasteiger partial charge in [0, 0.05) is 32.1 Å². The smallest absolute Gasteiger partial charge is 0.245 e. The van der Waals surface area contributed by atoms with Crippen molar-refractivity contribution in [2.75, 3.05) is 32.8 Å². The third-order valence-corrected chi connectivity index (χ3v) is 6.25. The molecule has 6 nitrogen and oxygen atoms in total. The molecule has 1 N–H and O–H groups in total. The number of halogens is 1. The number of carbonyl (C=O) groups excluding carboxylic acids is 1. The Kier molecular flexibility index (Phi) is 6.31. The van der Waals surface area contributed by atoms with E-state index >= 15 is 0 Å². The highest BCUT2D eigenvalue weighted by molar-refractivity contribution is 7.89. The summed E-state index contributed by atoms with van der Waals surface area (Å²) in [5, 5.41) is 9.00. The minimum absolute atomic E-state index is 0.0607. The van der Waals surface area contributed by atoms with E-state index in [0.29, 0.717) is 19.4 Å². The van der Waals surface area contributed by atoms with E-state index in [2.05, 4.69) is 0 Å². The summed E-state index contributed by atoms with van der Waals surface area (Å²) in [6.45, 7) is 2.90. The summed E-state index contributed by atoms with van der Waals surface area (Å²) in [5.41, 5.74) is 0. The molecule has 0 bridgehead atoms. The molecule has 1 aromatic carbocycles. The Morgan fingerprint density at radius 1 is 1.33 bits per heavy atom. The maximum Gasteiger partial charge on any atom is 0.245 e. The molecule has 1 fully saturated rings. The summed E-state index contributed by atoms with van der Waals surface area (Å²) in [7, 11) is -3.88. The van der Waals surface area contributed by atoms with E-state index in [9.17, 15) is 17.6 Å². The second kappa shape index (κ2) is 8.04. The maximum atomic E-state index is 13.8. The van der Waals surface area contributed by atoms with E-state index in [-0.39, 0.29) is 43.0 Å². The van der Waals surface area contributed by atoms with Crippen molar-refractivity contribution in [3.05, 3.63) is 30.1 Å². The van der Waals surface area contributed by atoms with Crippen LogP contribution in [-0.4, -0.2) is 61.4 Å². The van der Waals surface area contributed by atoms with Crippen molar-refractivity contribution in [3.8, 4) is 0 Å². The molecule has 1 amide bonds. The molecule has 2 rings (SSSR count). The Labute approximate surface area is 141 Å². The molecule has 8 heteroatoms. The van der Waals surface area contributed by atoms with Crippen molar-refractivity contribution in [2.45, 2.75) is 24.7 Å². The van der Waals surface area contributed by atoms with Crippen LogP contribution in [0.25, 0.3) is 0 Å². The van der Waals surface area contributed by atoms with Gasteiger partial charge in [0.05, 0.1) is 6.61 Å². The normalized spacial score (nSPS) is 17.0. The number of amides is 1. The second-order valence-corrected chi connectivity index (χ2v) is 7.66. The van der Waals surface area contributed by atoms with E-state index in [1.165, 1.54) is 22.5 Å². The number of aliphatic hydroxyl groups is 1. The van der Waals surface area contributed by atoms with E-state index in [1.54, 1.807) is 4.90 Å². The number of rotatable bonds is 6. The SMILES string of the molecule is CCN(CCO)C(=O)C1CCN(S(=O)(=O)c2ccccc2F)CC1. The summed E-state index contributed by atoms with van der Waals surface area (Å²) in [5.74, 6) is -1.09. The van der Waals surface area contributed by atoms with E-state index in [1.807, 2.05) is 6.92 Å². The topological polar surface area (TPSA) is 77.9 Å². The highest BCUT2D eigenvalue weighted by atomic mass is 32.2. The van der Waals surface area contributed by atoms with Crippen LogP contribution in [0.1, 0.15) is 19.8 Å². The Hall–Kier alpha value is -1.51. The fourth-order valence-electron chi connectivity index (χ4n) is 2.94. The predicted molar refractivity (Wildman–Crippen MR) is 87.2 cm³/mol. The van der Waals surface area contributed by atoms with Crippen molar-refractivity contribution < 1.29 is 22.7 Å². The van der Waals surface area contributed by atoms with E-state index in [0.717, 1.165) is 6.07 Å². The molecule has 0 aromatic heterocycles. The second-order valence-electron chi connectivity index (χ2n) is 5.75. The van der Waals surface area contributed by atoms with Crippen LogP contribution in [0.2, 0.25) is 0 Å². The van der Waals surface area contributed by atoms with Crippen molar-refractivity contribution in [2.24, 2.45) is 5.92 Å². The summed E-state index contributed by atoms with van der Waals surface area (Å²) in [6, 6.07) is 5.30. The summed E-state index contributed by atoms with van der Waals surface area (Å²) in [4.78, 5) is 13.6. The molecule has 1 heterocycles.